The Labute approximate surface area is 71.1 Å². The van der Waals surface area contributed by atoms with Crippen LogP contribution in [0, 0.1) is 12.8 Å². The normalized spacial score (nSPS) is 12.9. The van der Waals surface area contributed by atoms with E-state index in [4.69, 9.17) is 0 Å². The van der Waals surface area contributed by atoms with E-state index in [9.17, 15) is 4.79 Å². The van der Waals surface area contributed by atoms with Crippen LogP contribution in [0.4, 0.5) is 0 Å². The maximum absolute atomic E-state index is 10.3. The minimum atomic E-state index is 0.156. The topological polar surface area (TPSA) is 17.1 Å². The van der Waals surface area contributed by atoms with Crippen LogP contribution in [0.2, 0.25) is 0 Å². The van der Waals surface area contributed by atoms with Gasteiger partial charge >= 0.3 is 0 Å². The van der Waals surface area contributed by atoms with Crippen LogP contribution in [0.5, 0.6) is 0 Å². The molecule has 2 heteroatoms. The van der Waals surface area contributed by atoms with E-state index >= 15 is 0 Å². The zero-order valence-corrected chi connectivity index (χ0v) is 7.65. The molecule has 1 aromatic heterocycles. The van der Waals surface area contributed by atoms with Gasteiger partial charge in [0.15, 0.2) is 0 Å². The second kappa shape index (κ2) is 3.67. The first kappa shape index (κ1) is 8.47. The molecule has 0 aromatic carbocycles. The van der Waals surface area contributed by atoms with E-state index in [1.165, 1.54) is 10.4 Å². The van der Waals surface area contributed by atoms with Crippen LogP contribution >= 0.6 is 11.3 Å². The summed E-state index contributed by atoms with van der Waals surface area (Å²) in [6.45, 7) is 4.04. The van der Waals surface area contributed by atoms with E-state index in [-0.39, 0.29) is 5.92 Å². The summed E-state index contributed by atoms with van der Waals surface area (Å²) in [6, 6.07) is 2.10. The van der Waals surface area contributed by atoms with Gasteiger partial charge in [-0.15, -0.1) is 11.3 Å². The van der Waals surface area contributed by atoms with Gasteiger partial charge in [-0.1, -0.05) is 6.92 Å². The van der Waals surface area contributed by atoms with Crippen molar-refractivity contribution in [3.05, 3.63) is 21.9 Å². The molecule has 11 heavy (non-hydrogen) atoms. The van der Waals surface area contributed by atoms with Crippen molar-refractivity contribution >= 4 is 17.6 Å². The standard InChI is InChI=1S/C9H12OS/c1-7(6-10)5-9-3-4-11-8(9)2/h3-4,6-7H,5H2,1-2H3. The molecule has 0 aliphatic heterocycles. The number of hydrogen-bond donors (Lipinski definition) is 0. The van der Waals surface area contributed by atoms with Crippen molar-refractivity contribution in [2.75, 3.05) is 0 Å². The van der Waals surface area contributed by atoms with Crippen LogP contribution in [-0.4, -0.2) is 6.29 Å². The van der Waals surface area contributed by atoms with Gasteiger partial charge in [0.1, 0.15) is 6.29 Å². The highest BCUT2D eigenvalue weighted by Crippen LogP contribution is 2.17. The van der Waals surface area contributed by atoms with Crippen molar-refractivity contribution in [2.24, 2.45) is 5.92 Å². The summed E-state index contributed by atoms with van der Waals surface area (Å²) in [6.07, 6.45) is 1.90. The van der Waals surface area contributed by atoms with Crippen molar-refractivity contribution in [1.82, 2.24) is 0 Å². The molecule has 0 saturated heterocycles. The number of carbonyl (C=O) groups is 1. The highest BCUT2D eigenvalue weighted by molar-refractivity contribution is 7.10. The predicted octanol–water partition coefficient (Wildman–Crippen LogP) is 2.43. The lowest BCUT2D eigenvalue weighted by atomic mass is 10.0. The molecular weight excluding hydrogens is 156 g/mol. The van der Waals surface area contributed by atoms with Crippen LogP contribution in [-0.2, 0) is 11.2 Å². The average molecular weight is 168 g/mol. The smallest absolute Gasteiger partial charge is 0.123 e. The minimum absolute atomic E-state index is 0.156. The van der Waals surface area contributed by atoms with Gasteiger partial charge in [0.05, 0.1) is 0 Å². The molecule has 0 saturated carbocycles. The minimum Gasteiger partial charge on any atom is -0.303 e. The van der Waals surface area contributed by atoms with Crippen LogP contribution in [0.25, 0.3) is 0 Å². The number of rotatable bonds is 3. The van der Waals surface area contributed by atoms with Crippen LogP contribution in [0.1, 0.15) is 17.4 Å². The molecule has 0 radical (unpaired) electrons. The molecule has 60 valence electrons. The monoisotopic (exact) mass is 168 g/mol. The van der Waals surface area contributed by atoms with Crippen molar-refractivity contribution in [2.45, 2.75) is 20.3 Å². The van der Waals surface area contributed by atoms with Crippen molar-refractivity contribution in [3.8, 4) is 0 Å². The lowest BCUT2D eigenvalue weighted by molar-refractivity contribution is -0.110. The van der Waals surface area contributed by atoms with Gasteiger partial charge in [-0.2, -0.15) is 0 Å². The van der Waals surface area contributed by atoms with Crippen LogP contribution in [0.3, 0.4) is 0 Å². The molecule has 0 fully saturated rings. The third-order valence-electron chi connectivity index (χ3n) is 1.74. The summed E-state index contributed by atoms with van der Waals surface area (Å²) in [5.74, 6) is 0.156. The lowest BCUT2D eigenvalue weighted by Gasteiger charge is -2.01. The van der Waals surface area contributed by atoms with Gasteiger partial charge in [-0.05, 0) is 30.4 Å². The number of thiophene rings is 1. The van der Waals surface area contributed by atoms with Gasteiger partial charge in [0.25, 0.3) is 0 Å². The Bertz CT molecular complexity index is 239. The molecule has 0 aliphatic rings. The van der Waals surface area contributed by atoms with E-state index in [0.29, 0.717) is 0 Å². The highest BCUT2D eigenvalue weighted by atomic mass is 32.1. The molecule has 1 nitrogen and oxygen atoms in total. The molecule has 1 heterocycles. The van der Waals surface area contributed by atoms with Crippen molar-refractivity contribution in [3.63, 3.8) is 0 Å². The molecule has 0 N–H and O–H groups in total. The summed E-state index contributed by atoms with van der Waals surface area (Å²) in [4.78, 5) is 11.7. The van der Waals surface area contributed by atoms with Gasteiger partial charge in [-0.25, -0.2) is 0 Å². The molecule has 1 atom stereocenters. The number of carbonyl (C=O) groups excluding carboxylic acids is 1. The maximum atomic E-state index is 10.3. The molecule has 0 amide bonds. The Hall–Kier alpha value is -0.630. The third-order valence-corrected chi connectivity index (χ3v) is 2.63. The molecule has 0 aliphatic carbocycles. The van der Waals surface area contributed by atoms with Crippen molar-refractivity contribution in [1.29, 1.82) is 0 Å². The third kappa shape index (κ3) is 2.15. The average Bonchev–Trinajstić information content (AvgIpc) is 2.37. The molecule has 1 rings (SSSR count). The molecule has 1 unspecified atom stereocenters. The van der Waals surface area contributed by atoms with Gasteiger partial charge in [-0.3, -0.25) is 0 Å². The first-order valence-corrected chi connectivity index (χ1v) is 4.60. The van der Waals surface area contributed by atoms with E-state index in [2.05, 4.69) is 18.4 Å². The number of aldehydes is 1. The summed E-state index contributed by atoms with van der Waals surface area (Å²) in [5, 5.41) is 2.07. The van der Waals surface area contributed by atoms with Crippen molar-refractivity contribution < 1.29 is 4.79 Å². The largest absolute Gasteiger partial charge is 0.303 e. The molecule has 0 spiro atoms. The fourth-order valence-electron chi connectivity index (χ4n) is 1.02. The van der Waals surface area contributed by atoms with Gasteiger partial charge < -0.3 is 4.79 Å². The molecule has 1 aromatic rings. The fraction of sp³-hybridized carbons (Fsp3) is 0.444. The zero-order chi connectivity index (χ0) is 8.27. The first-order chi connectivity index (χ1) is 5.24. The van der Waals surface area contributed by atoms with Crippen LogP contribution < -0.4 is 0 Å². The first-order valence-electron chi connectivity index (χ1n) is 3.72. The lowest BCUT2D eigenvalue weighted by Crippen LogP contribution is -2.00. The Morgan fingerprint density at radius 2 is 2.45 bits per heavy atom. The molecule has 0 bridgehead atoms. The fourth-order valence-corrected chi connectivity index (χ4v) is 1.76. The second-order valence-electron chi connectivity index (χ2n) is 2.82. The van der Waals surface area contributed by atoms with E-state index < -0.39 is 0 Å². The Balaban J connectivity index is 2.63. The molecular formula is C9H12OS. The quantitative estimate of drug-likeness (QED) is 0.633. The maximum Gasteiger partial charge on any atom is 0.123 e. The number of aryl methyl sites for hydroxylation is 1. The summed E-state index contributed by atoms with van der Waals surface area (Å²) in [7, 11) is 0. The Morgan fingerprint density at radius 3 is 2.91 bits per heavy atom. The SMILES string of the molecule is Cc1sccc1CC(C)C=O. The van der Waals surface area contributed by atoms with E-state index in [1.54, 1.807) is 11.3 Å². The van der Waals surface area contributed by atoms with Gasteiger partial charge in [0, 0.05) is 10.8 Å². The summed E-state index contributed by atoms with van der Waals surface area (Å²) >= 11 is 1.74. The highest BCUT2D eigenvalue weighted by Gasteiger charge is 2.04. The predicted molar refractivity (Wildman–Crippen MR) is 48.0 cm³/mol. The van der Waals surface area contributed by atoms with Gasteiger partial charge in [0.2, 0.25) is 0 Å². The van der Waals surface area contributed by atoms with E-state index in [1.807, 2.05) is 6.92 Å². The summed E-state index contributed by atoms with van der Waals surface area (Å²) in [5.41, 5.74) is 1.31. The zero-order valence-electron chi connectivity index (χ0n) is 6.83. The second-order valence-corrected chi connectivity index (χ2v) is 3.94. The Kier molecular flexibility index (Phi) is 2.83. The number of hydrogen-bond acceptors (Lipinski definition) is 2. The van der Waals surface area contributed by atoms with Crippen LogP contribution in [0.15, 0.2) is 11.4 Å². The summed E-state index contributed by atoms with van der Waals surface area (Å²) < 4.78 is 0. The van der Waals surface area contributed by atoms with E-state index in [0.717, 1.165) is 12.7 Å². The Morgan fingerprint density at radius 1 is 1.73 bits per heavy atom.